The molecular weight excluding hydrogens is 262 g/mol. The van der Waals surface area contributed by atoms with Gasteiger partial charge in [0.25, 0.3) is 0 Å². The van der Waals surface area contributed by atoms with E-state index in [-0.39, 0.29) is 5.75 Å². The first-order valence-electron chi connectivity index (χ1n) is 6.20. The molecule has 0 aliphatic carbocycles. The summed E-state index contributed by atoms with van der Waals surface area (Å²) in [5.74, 6) is 0.121. The number of hydrogen-bond donors (Lipinski definition) is 1. The molecule has 108 valence electrons. The Hall–Kier alpha value is -1.11. The van der Waals surface area contributed by atoms with Crippen LogP contribution in [0.1, 0.15) is 5.56 Å². The van der Waals surface area contributed by atoms with Gasteiger partial charge in [-0.2, -0.15) is 0 Å². The average Bonchev–Trinajstić information content (AvgIpc) is 2.35. The van der Waals surface area contributed by atoms with Crippen molar-refractivity contribution in [3.05, 3.63) is 29.8 Å². The third-order valence-electron chi connectivity index (χ3n) is 2.87. The third kappa shape index (κ3) is 5.18. The Morgan fingerprint density at radius 3 is 2.11 bits per heavy atom. The Balaban J connectivity index is 2.38. The molecule has 0 unspecified atom stereocenters. The SMILES string of the molecule is CN(C)c1ccc(CNCCS(=O)(=O)N(C)C)cc1. The second-order valence-electron chi connectivity index (χ2n) is 4.84. The lowest BCUT2D eigenvalue weighted by Gasteiger charge is -2.13. The number of benzene rings is 1. The van der Waals surface area contributed by atoms with Crippen molar-refractivity contribution in [2.24, 2.45) is 0 Å². The molecular formula is C13H23N3O2S. The first-order valence-corrected chi connectivity index (χ1v) is 7.81. The van der Waals surface area contributed by atoms with Gasteiger partial charge in [0.15, 0.2) is 0 Å². The zero-order valence-electron chi connectivity index (χ0n) is 12.0. The van der Waals surface area contributed by atoms with E-state index in [2.05, 4.69) is 5.32 Å². The van der Waals surface area contributed by atoms with Crippen molar-refractivity contribution in [2.45, 2.75) is 6.54 Å². The zero-order chi connectivity index (χ0) is 14.5. The maximum atomic E-state index is 11.5. The molecule has 0 fully saturated rings. The van der Waals surface area contributed by atoms with Crippen LogP contribution < -0.4 is 10.2 Å². The van der Waals surface area contributed by atoms with Gasteiger partial charge in [-0.25, -0.2) is 12.7 Å². The van der Waals surface area contributed by atoms with Crippen LogP contribution in [0.4, 0.5) is 5.69 Å². The molecule has 0 amide bonds. The molecule has 0 saturated heterocycles. The molecule has 19 heavy (non-hydrogen) atoms. The van der Waals surface area contributed by atoms with E-state index in [0.717, 1.165) is 11.3 Å². The quantitative estimate of drug-likeness (QED) is 0.751. The summed E-state index contributed by atoms with van der Waals surface area (Å²) in [7, 11) is 3.99. The highest BCUT2D eigenvalue weighted by atomic mass is 32.2. The highest BCUT2D eigenvalue weighted by Gasteiger charge is 2.12. The van der Waals surface area contributed by atoms with Crippen LogP contribution in [0.2, 0.25) is 0 Å². The highest BCUT2D eigenvalue weighted by molar-refractivity contribution is 7.89. The molecule has 1 aromatic carbocycles. The molecule has 0 saturated carbocycles. The van der Waals surface area contributed by atoms with Crippen molar-refractivity contribution in [1.82, 2.24) is 9.62 Å². The van der Waals surface area contributed by atoms with Gasteiger partial charge >= 0.3 is 0 Å². The molecule has 0 atom stereocenters. The van der Waals surface area contributed by atoms with E-state index in [0.29, 0.717) is 13.1 Å². The zero-order valence-corrected chi connectivity index (χ0v) is 12.9. The average molecular weight is 285 g/mol. The lowest BCUT2D eigenvalue weighted by atomic mass is 10.2. The van der Waals surface area contributed by atoms with Crippen molar-refractivity contribution in [1.29, 1.82) is 0 Å². The molecule has 0 bridgehead atoms. The van der Waals surface area contributed by atoms with Crippen LogP contribution in [0.25, 0.3) is 0 Å². The Bertz CT molecular complexity index is 481. The maximum absolute atomic E-state index is 11.5. The molecule has 0 aromatic heterocycles. The van der Waals surface area contributed by atoms with Crippen molar-refractivity contribution in [2.75, 3.05) is 45.4 Å². The number of nitrogens with one attached hydrogen (secondary N) is 1. The van der Waals surface area contributed by atoms with Gasteiger partial charge in [-0.1, -0.05) is 12.1 Å². The first-order chi connectivity index (χ1) is 8.83. The molecule has 0 radical (unpaired) electrons. The number of nitrogens with zero attached hydrogens (tertiary/aromatic N) is 2. The van der Waals surface area contributed by atoms with Gasteiger partial charge in [-0.15, -0.1) is 0 Å². The Labute approximate surface area is 116 Å². The second-order valence-corrected chi connectivity index (χ2v) is 7.14. The normalized spacial score (nSPS) is 11.8. The fourth-order valence-electron chi connectivity index (χ4n) is 1.53. The van der Waals surface area contributed by atoms with Crippen molar-refractivity contribution < 1.29 is 8.42 Å². The van der Waals surface area contributed by atoms with E-state index < -0.39 is 10.0 Å². The van der Waals surface area contributed by atoms with E-state index in [9.17, 15) is 8.42 Å². The van der Waals surface area contributed by atoms with Gasteiger partial charge in [0.2, 0.25) is 10.0 Å². The fourth-order valence-corrected chi connectivity index (χ4v) is 2.30. The summed E-state index contributed by atoms with van der Waals surface area (Å²) < 4.78 is 24.3. The summed E-state index contributed by atoms with van der Waals surface area (Å²) in [5.41, 5.74) is 2.30. The standard InChI is InChI=1S/C13H23N3O2S/c1-15(2)13-7-5-12(6-8-13)11-14-9-10-19(17,18)16(3)4/h5-8,14H,9-11H2,1-4H3. The van der Waals surface area contributed by atoms with Crippen LogP contribution in [0.3, 0.4) is 0 Å². The van der Waals surface area contributed by atoms with Gasteiger partial charge in [0.05, 0.1) is 5.75 Å². The van der Waals surface area contributed by atoms with Crippen molar-refractivity contribution in [3.8, 4) is 0 Å². The minimum absolute atomic E-state index is 0.121. The molecule has 5 nitrogen and oxygen atoms in total. The summed E-state index contributed by atoms with van der Waals surface area (Å²) in [4.78, 5) is 2.04. The molecule has 6 heteroatoms. The third-order valence-corrected chi connectivity index (χ3v) is 4.71. The van der Waals surface area contributed by atoms with Crippen LogP contribution in [0, 0.1) is 0 Å². The number of hydrogen-bond acceptors (Lipinski definition) is 4. The van der Waals surface area contributed by atoms with Gasteiger partial charge in [0, 0.05) is 47.0 Å². The molecule has 0 aliphatic rings. The topological polar surface area (TPSA) is 52.7 Å². The van der Waals surface area contributed by atoms with Gasteiger partial charge < -0.3 is 10.2 Å². The molecule has 1 aromatic rings. The predicted molar refractivity (Wildman–Crippen MR) is 79.9 cm³/mol. The van der Waals surface area contributed by atoms with Gasteiger partial charge in [-0.05, 0) is 17.7 Å². The maximum Gasteiger partial charge on any atom is 0.214 e. The molecule has 1 N–H and O–H groups in total. The largest absolute Gasteiger partial charge is 0.378 e. The smallest absolute Gasteiger partial charge is 0.214 e. The summed E-state index contributed by atoms with van der Waals surface area (Å²) in [6.45, 7) is 1.13. The van der Waals surface area contributed by atoms with E-state index in [1.807, 2.05) is 43.3 Å². The first kappa shape index (κ1) is 15.9. The fraction of sp³-hybridized carbons (Fsp3) is 0.538. The molecule has 0 spiro atoms. The van der Waals surface area contributed by atoms with E-state index >= 15 is 0 Å². The van der Waals surface area contributed by atoms with E-state index in [1.54, 1.807) is 14.1 Å². The Kier molecular flexibility index (Phi) is 5.78. The monoisotopic (exact) mass is 285 g/mol. The Morgan fingerprint density at radius 1 is 1.05 bits per heavy atom. The van der Waals surface area contributed by atoms with Crippen LogP contribution in [-0.4, -0.2) is 53.2 Å². The van der Waals surface area contributed by atoms with Crippen molar-refractivity contribution >= 4 is 15.7 Å². The second kappa shape index (κ2) is 6.88. The van der Waals surface area contributed by atoms with Crippen LogP contribution >= 0.6 is 0 Å². The number of rotatable bonds is 7. The van der Waals surface area contributed by atoms with Crippen LogP contribution in [0.5, 0.6) is 0 Å². The Morgan fingerprint density at radius 2 is 1.63 bits per heavy atom. The summed E-state index contributed by atoms with van der Waals surface area (Å²) in [5, 5.41) is 3.14. The number of sulfonamides is 1. The van der Waals surface area contributed by atoms with Crippen LogP contribution in [-0.2, 0) is 16.6 Å². The van der Waals surface area contributed by atoms with Gasteiger partial charge in [-0.3, -0.25) is 0 Å². The van der Waals surface area contributed by atoms with E-state index in [1.165, 1.54) is 4.31 Å². The highest BCUT2D eigenvalue weighted by Crippen LogP contribution is 2.11. The van der Waals surface area contributed by atoms with E-state index in [4.69, 9.17) is 0 Å². The summed E-state index contributed by atoms with van der Waals surface area (Å²) in [6, 6.07) is 8.19. The summed E-state index contributed by atoms with van der Waals surface area (Å²) in [6.07, 6.45) is 0. The lowest BCUT2D eigenvalue weighted by Crippen LogP contribution is -2.31. The van der Waals surface area contributed by atoms with Crippen LogP contribution in [0.15, 0.2) is 24.3 Å². The number of anilines is 1. The molecule has 0 heterocycles. The van der Waals surface area contributed by atoms with Crippen molar-refractivity contribution in [3.63, 3.8) is 0 Å². The van der Waals surface area contributed by atoms with Gasteiger partial charge in [0.1, 0.15) is 0 Å². The predicted octanol–water partition coefficient (Wildman–Crippen LogP) is 0.734. The molecule has 0 aliphatic heterocycles. The minimum atomic E-state index is -3.11. The minimum Gasteiger partial charge on any atom is -0.378 e. The lowest BCUT2D eigenvalue weighted by molar-refractivity contribution is 0.517. The molecule has 1 rings (SSSR count). The summed E-state index contributed by atoms with van der Waals surface area (Å²) >= 11 is 0.